The first-order valence-corrected chi connectivity index (χ1v) is 13.7. The van der Waals surface area contributed by atoms with E-state index in [9.17, 15) is 9.90 Å². The molecule has 0 aliphatic carbocycles. The highest BCUT2D eigenvalue weighted by Gasteiger charge is 2.18. The van der Waals surface area contributed by atoms with Crippen LogP contribution in [-0.4, -0.2) is 17.7 Å². The zero-order valence-electron chi connectivity index (χ0n) is 20.5. The number of aliphatic carboxylic acids is 1. The Morgan fingerprint density at radius 2 is 1.36 bits per heavy atom. The van der Waals surface area contributed by atoms with Crippen molar-refractivity contribution >= 4 is 51.1 Å². The number of nitrogens with zero attached hydrogens (tertiary/aromatic N) is 4. The number of carboxylic acid groups (broad SMARTS) is 1. The Bertz CT molecular complexity index is 1840. The monoisotopic (exact) mass is 544 g/mol. The van der Waals surface area contributed by atoms with Gasteiger partial charge in [-0.05, 0) is 54.6 Å². The van der Waals surface area contributed by atoms with Crippen LogP contribution in [0.3, 0.4) is 0 Å². The highest BCUT2D eigenvalue weighted by atomic mass is 32.1. The molecule has 0 saturated carbocycles. The molecule has 8 heteroatoms. The summed E-state index contributed by atoms with van der Waals surface area (Å²) in [7, 11) is 0. The summed E-state index contributed by atoms with van der Waals surface area (Å²) in [5, 5.41) is 21.1. The molecule has 3 aromatic carbocycles. The van der Waals surface area contributed by atoms with Crippen molar-refractivity contribution in [2.75, 3.05) is 11.6 Å². The SMILES string of the molecule is N#C/C(=C/c1ccc(-c2ccc(-c3ccc(N(c4ccccc4)c4ccccc4)s3)c3c2=NCN=3)s1)C(=O)O. The Hall–Kier alpha value is -4.84. The van der Waals surface area contributed by atoms with Gasteiger partial charge in [0.2, 0.25) is 0 Å². The molecule has 0 fully saturated rings. The first-order valence-electron chi connectivity index (χ1n) is 12.1. The van der Waals surface area contributed by atoms with Crippen LogP contribution in [0.25, 0.3) is 27.0 Å². The maximum absolute atomic E-state index is 11.2. The van der Waals surface area contributed by atoms with Gasteiger partial charge < -0.3 is 10.0 Å². The van der Waals surface area contributed by atoms with E-state index in [4.69, 9.17) is 10.3 Å². The van der Waals surface area contributed by atoms with Crippen LogP contribution in [0.4, 0.5) is 16.4 Å². The number of carboxylic acids is 1. The predicted octanol–water partition coefficient (Wildman–Crippen LogP) is 6.82. The lowest BCUT2D eigenvalue weighted by atomic mass is 10.1. The molecule has 0 atom stereocenters. The molecule has 0 unspecified atom stereocenters. The summed E-state index contributed by atoms with van der Waals surface area (Å²) < 4.78 is 0. The van der Waals surface area contributed by atoms with Crippen LogP contribution in [0.1, 0.15) is 4.88 Å². The number of para-hydroxylation sites is 2. The average Bonchev–Trinajstić information content (AvgIpc) is 3.74. The van der Waals surface area contributed by atoms with Gasteiger partial charge in [-0.15, -0.1) is 22.7 Å². The predicted molar refractivity (Wildman–Crippen MR) is 156 cm³/mol. The Morgan fingerprint density at radius 1 is 0.795 bits per heavy atom. The van der Waals surface area contributed by atoms with Gasteiger partial charge in [-0.2, -0.15) is 5.26 Å². The van der Waals surface area contributed by atoms with E-state index in [1.165, 1.54) is 17.4 Å². The minimum absolute atomic E-state index is 0.294. The Balaban J connectivity index is 1.39. The molecule has 0 radical (unpaired) electrons. The lowest BCUT2D eigenvalue weighted by Crippen LogP contribution is -2.25. The smallest absolute Gasteiger partial charge is 0.346 e. The molecule has 2 aromatic heterocycles. The zero-order valence-corrected chi connectivity index (χ0v) is 22.1. The van der Waals surface area contributed by atoms with Gasteiger partial charge in [0.1, 0.15) is 23.3 Å². The van der Waals surface area contributed by atoms with Gasteiger partial charge in [0, 0.05) is 37.1 Å². The quantitative estimate of drug-likeness (QED) is 0.180. The van der Waals surface area contributed by atoms with Crippen LogP contribution in [0.5, 0.6) is 0 Å². The molecule has 0 amide bonds. The minimum Gasteiger partial charge on any atom is -0.477 e. The van der Waals surface area contributed by atoms with Crippen molar-refractivity contribution in [2.24, 2.45) is 9.98 Å². The fourth-order valence-electron chi connectivity index (χ4n) is 4.48. The Kier molecular flexibility index (Phi) is 6.59. The van der Waals surface area contributed by atoms with Crippen molar-refractivity contribution in [3.05, 3.63) is 118 Å². The molecule has 1 aliphatic rings. The molecule has 0 saturated heterocycles. The van der Waals surface area contributed by atoms with Gasteiger partial charge in [0.15, 0.2) is 0 Å². The van der Waals surface area contributed by atoms with Crippen molar-refractivity contribution in [1.29, 1.82) is 5.26 Å². The van der Waals surface area contributed by atoms with Gasteiger partial charge >= 0.3 is 5.97 Å². The minimum atomic E-state index is -1.24. The lowest BCUT2D eigenvalue weighted by molar-refractivity contribution is -0.132. The standard InChI is InChI=1S/C31H20N4O2S2/c32-18-20(31(36)37)17-23-11-14-26(38-23)24-12-13-25(30-29(24)33-19-34-30)27-15-16-28(39-27)35(21-7-3-1-4-8-21)22-9-5-2-6-10-22/h1-17H,19H2,(H,36,37)/b20-17-. The second-order valence-electron chi connectivity index (χ2n) is 8.64. The normalized spacial score (nSPS) is 12.2. The van der Waals surface area contributed by atoms with Crippen molar-refractivity contribution in [2.45, 2.75) is 0 Å². The van der Waals surface area contributed by atoms with E-state index in [1.54, 1.807) is 17.4 Å². The van der Waals surface area contributed by atoms with Gasteiger partial charge in [-0.25, -0.2) is 4.79 Å². The first-order chi connectivity index (χ1) is 19.1. The van der Waals surface area contributed by atoms with E-state index in [0.29, 0.717) is 11.5 Å². The number of rotatable bonds is 7. The molecule has 5 aromatic rings. The summed E-state index contributed by atoms with van der Waals surface area (Å²) in [5.74, 6) is -1.24. The maximum atomic E-state index is 11.2. The molecule has 3 heterocycles. The molecule has 6 nitrogen and oxygen atoms in total. The lowest BCUT2D eigenvalue weighted by Gasteiger charge is -2.23. The highest BCUT2D eigenvalue weighted by Crippen LogP contribution is 2.41. The topological polar surface area (TPSA) is 89.0 Å². The summed E-state index contributed by atoms with van der Waals surface area (Å²) in [5.41, 5.74) is 3.85. The molecule has 0 bridgehead atoms. The fourth-order valence-corrected chi connectivity index (χ4v) is 6.54. The van der Waals surface area contributed by atoms with Crippen LogP contribution in [0, 0.1) is 11.3 Å². The van der Waals surface area contributed by atoms with Crippen LogP contribution in [0.2, 0.25) is 0 Å². The van der Waals surface area contributed by atoms with E-state index < -0.39 is 5.97 Å². The third-order valence-electron chi connectivity index (χ3n) is 6.24. The molecule has 1 N–H and O–H groups in total. The van der Waals surface area contributed by atoms with Crippen molar-refractivity contribution in [3.63, 3.8) is 0 Å². The van der Waals surface area contributed by atoms with E-state index in [0.717, 1.165) is 48.0 Å². The summed E-state index contributed by atoms with van der Waals surface area (Å²) in [6, 6.07) is 34.5. The third kappa shape index (κ3) is 4.77. The van der Waals surface area contributed by atoms with Crippen molar-refractivity contribution in [3.8, 4) is 27.0 Å². The average molecular weight is 545 g/mol. The number of carbonyl (C=O) groups is 1. The molecular weight excluding hydrogens is 525 g/mol. The van der Waals surface area contributed by atoms with Crippen LogP contribution in [0.15, 0.2) is 113 Å². The third-order valence-corrected chi connectivity index (χ3v) is 8.41. The molecule has 39 heavy (non-hydrogen) atoms. The Morgan fingerprint density at radius 3 is 1.92 bits per heavy atom. The number of anilines is 3. The maximum Gasteiger partial charge on any atom is 0.346 e. The van der Waals surface area contributed by atoms with E-state index >= 15 is 0 Å². The van der Waals surface area contributed by atoms with Crippen LogP contribution < -0.4 is 15.6 Å². The number of benzene rings is 3. The number of fused-ring (bicyclic) bond motifs is 1. The van der Waals surface area contributed by atoms with Crippen molar-refractivity contribution in [1.82, 2.24) is 0 Å². The van der Waals surface area contributed by atoms with Crippen LogP contribution >= 0.6 is 22.7 Å². The highest BCUT2D eigenvalue weighted by molar-refractivity contribution is 7.19. The Labute approximate surface area is 232 Å². The number of nitriles is 1. The van der Waals surface area contributed by atoms with Crippen molar-refractivity contribution < 1.29 is 9.90 Å². The number of hydrogen-bond acceptors (Lipinski definition) is 7. The summed E-state index contributed by atoms with van der Waals surface area (Å²) in [6.45, 7) is 0.369. The molecule has 6 rings (SSSR count). The van der Waals surface area contributed by atoms with Gasteiger partial charge in [-0.3, -0.25) is 9.98 Å². The van der Waals surface area contributed by atoms with Crippen LogP contribution in [-0.2, 0) is 4.79 Å². The first kappa shape index (κ1) is 24.5. The van der Waals surface area contributed by atoms with Gasteiger partial charge in [0.25, 0.3) is 0 Å². The second kappa shape index (κ2) is 10.5. The molecule has 0 spiro atoms. The summed E-state index contributed by atoms with van der Waals surface area (Å²) >= 11 is 3.12. The molecule has 188 valence electrons. The van der Waals surface area contributed by atoms with Gasteiger partial charge in [-0.1, -0.05) is 48.5 Å². The fraction of sp³-hybridized carbons (Fsp3) is 0.0323. The van der Waals surface area contributed by atoms with E-state index in [2.05, 4.69) is 52.4 Å². The molecular formula is C31H20N4O2S2. The number of thiophene rings is 2. The summed E-state index contributed by atoms with van der Waals surface area (Å²) in [6.07, 6.45) is 1.39. The molecule has 1 aliphatic heterocycles. The van der Waals surface area contributed by atoms with Gasteiger partial charge in [0.05, 0.1) is 10.7 Å². The largest absolute Gasteiger partial charge is 0.477 e. The zero-order chi connectivity index (χ0) is 26.8. The van der Waals surface area contributed by atoms with E-state index in [1.807, 2.05) is 54.6 Å². The number of hydrogen-bond donors (Lipinski definition) is 1. The second-order valence-corrected chi connectivity index (χ2v) is 10.8. The van der Waals surface area contributed by atoms with E-state index in [-0.39, 0.29) is 5.57 Å². The summed E-state index contributed by atoms with van der Waals surface area (Å²) in [4.78, 5) is 25.6.